The van der Waals surface area contributed by atoms with E-state index < -0.39 is 0 Å². The average molecular weight is 466 g/mol. The summed E-state index contributed by atoms with van der Waals surface area (Å²) in [4.78, 5) is 28.8. The number of rotatable bonds is 4. The Morgan fingerprint density at radius 3 is 1.70 bits per heavy atom. The van der Waals surface area contributed by atoms with Crippen LogP contribution in [-0.2, 0) is 0 Å². The Balaban J connectivity index is 1.26. The first kappa shape index (κ1) is 20.3. The molecule has 3 aromatic rings. The number of anilines is 2. The van der Waals surface area contributed by atoms with Crippen LogP contribution in [0.4, 0.5) is 11.4 Å². The molecule has 6 rings (SSSR count). The van der Waals surface area contributed by atoms with Crippen molar-refractivity contribution in [1.29, 1.82) is 0 Å². The number of benzene rings is 3. The molecule has 3 aromatic carbocycles. The summed E-state index contributed by atoms with van der Waals surface area (Å²) in [6, 6.07) is 27.8. The summed E-state index contributed by atoms with van der Waals surface area (Å²) in [6.45, 7) is 0. The lowest BCUT2D eigenvalue weighted by atomic mass is 10.1. The molecule has 1 aliphatic carbocycles. The minimum atomic E-state index is -0.169. The Hall–Kier alpha value is -3.28. The molecule has 5 heteroatoms. The van der Waals surface area contributed by atoms with Crippen LogP contribution < -0.4 is 4.90 Å². The van der Waals surface area contributed by atoms with Crippen molar-refractivity contribution in [1.82, 2.24) is 0 Å². The molecular weight excluding hydrogens is 446 g/mol. The first-order valence-electron chi connectivity index (χ1n) is 10.8. The maximum Gasteiger partial charge on any atom is 0.197 e. The molecule has 0 fully saturated rings. The number of fused-ring (bicyclic) bond motifs is 2. The molecule has 3 aliphatic rings. The number of Topliss-reactive ketones (excluding diaryl/α,β-unsaturated/α-hetero) is 2. The highest BCUT2D eigenvalue weighted by molar-refractivity contribution is 8.09. The Morgan fingerprint density at radius 1 is 0.636 bits per heavy atom. The summed E-state index contributed by atoms with van der Waals surface area (Å²) in [5, 5.41) is 1.72. The van der Waals surface area contributed by atoms with Crippen LogP contribution in [0.1, 0.15) is 20.7 Å². The van der Waals surface area contributed by atoms with Crippen molar-refractivity contribution >= 4 is 46.5 Å². The van der Waals surface area contributed by atoms with Gasteiger partial charge in [0.1, 0.15) is 0 Å². The summed E-state index contributed by atoms with van der Waals surface area (Å²) in [5.41, 5.74) is 3.54. The molecule has 2 aliphatic heterocycles. The van der Waals surface area contributed by atoms with Crippen LogP contribution in [0.5, 0.6) is 0 Å². The van der Waals surface area contributed by atoms with Crippen molar-refractivity contribution in [2.45, 2.75) is 10.5 Å². The van der Waals surface area contributed by atoms with Crippen molar-refractivity contribution in [3.63, 3.8) is 0 Å². The number of carbonyl (C=O) groups excluding carboxylic acids is 2. The maximum absolute atomic E-state index is 12.7. The zero-order valence-electron chi connectivity index (χ0n) is 17.5. The number of allylic oxidation sites excluding steroid dienone is 2. The Kier molecular flexibility index (Phi) is 5.08. The zero-order chi connectivity index (χ0) is 22.4. The quantitative estimate of drug-likeness (QED) is 0.313. The number of carbonyl (C=O) groups is 2. The minimum absolute atomic E-state index is 0.169. The average Bonchev–Trinajstić information content (AvgIpc) is 3.48. The molecule has 2 unspecified atom stereocenters. The fraction of sp³-hybridized carbons (Fsp3) is 0.0714. The molecule has 0 aromatic heterocycles. The van der Waals surface area contributed by atoms with Gasteiger partial charge in [0.05, 0.1) is 10.6 Å². The van der Waals surface area contributed by atoms with Crippen molar-refractivity contribution in [2.24, 2.45) is 0 Å². The fourth-order valence-electron chi connectivity index (χ4n) is 4.38. The summed E-state index contributed by atoms with van der Waals surface area (Å²) < 4.78 is 0. The molecule has 0 amide bonds. The predicted octanol–water partition coefficient (Wildman–Crippen LogP) is 6.79. The topological polar surface area (TPSA) is 37.4 Å². The second-order valence-corrected chi connectivity index (χ2v) is 10.5. The third-order valence-corrected chi connectivity index (χ3v) is 8.59. The number of para-hydroxylation sites is 2. The van der Waals surface area contributed by atoms with E-state index in [2.05, 4.69) is 65.6 Å². The van der Waals surface area contributed by atoms with Crippen LogP contribution in [-0.4, -0.2) is 22.1 Å². The molecule has 2 heterocycles. The predicted molar refractivity (Wildman–Crippen MR) is 137 cm³/mol. The number of hydrogen-bond acceptors (Lipinski definition) is 5. The van der Waals surface area contributed by atoms with E-state index in [0.717, 1.165) is 16.3 Å². The Labute approximate surface area is 200 Å². The van der Waals surface area contributed by atoms with Crippen LogP contribution in [0.25, 0.3) is 0 Å². The van der Waals surface area contributed by atoms with E-state index in [4.69, 9.17) is 0 Å². The van der Waals surface area contributed by atoms with Crippen LogP contribution in [0, 0.1) is 0 Å². The van der Waals surface area contributed by atoms with Crippen LogP contribution in [0.2, 0.25) is 0 Å². The fourth-order valence-corrected chi connectivity index (χ4v) is 7.27. The number of ketones is 2. The van der Waals surface area contributed by atoms with Gasteiger partial charge in [0.25, 0.3) is 0 Å². The van der Waals surface area contributed by atoms with Gasteiger partial charge in [0.15, 0.2) is 11.6 Å². The standard InChI is InChI=1S/C28H19NO2S2/c30-27-21-13-7-8-14-22(21)28(31)23(27)15-20-16-24-25(32-20)17-26(33-24)29(18-9-3-1-4-10-18)19-11-5-2-6-12-19/h1-17,24-25H. The summed E-state index contributed by atoms with van der Waals surface area (Å²) >= 11 is 3.54. The van der Waals surface area contributed by atoms with Crippen LogP contribution in [0.15, 0.2) is 119 Å². The van der Waals surface area contributed by atoms with E-state index in [1.54, 1.807) is 42.1 Å². The SMILES string of the molecule is O=C1C(=CC2=CC3SC(N(c4ccccc4)c4ccccc4)=CC3S2)C(=O)c2ccccc21. The van der Waals surface area contributed by atoms with Gasteiger partial charge in [-0.05, 0) is 36.4 Å². The van der Waals surface area contributed by atoms with E-state index in [1.165, 1.54) is 5.03 Å². The van der Waals surface area contributed by atoms with Crippen molar-refractivity contribution in [2.75, 3.05) is 4.90 Å². The molecule has 33 heavy (non-hydrogen) atoms. The smallest absolute Gasteiger partial charge is 0.197 e. The summed E-state index contributed by atoms with van der Waals surface area (Å²) in [7, 11) is 0. The first-order chi connectivity index (χ1) is 16.2. The number of nitrogens with zero attached hydrogens (tertiary/aromatic N) is 1. The molecule has 0 N–H and O–H groups in total. The molecule has 3 nitrogen and oxygen atoms in total. The van der Waals surface area contributed by atoms with Gasteiger partial charge in [-0.2, -0.15) is 0 Å². The van der Waals surface area contributed by atoms with Crippen molar-refractivity contribution in [3.8, 4) is 0 Å². The molecule has 160 valence electrons. The Morgan fingerprint density at radius 2 is 1.15 bits per heavy atom. The molecule has 0 radical (unpaired) electrons. The molecule has 0 bridgehead atoms. The van der Waals surface area contributed by atoms with Crippen molar-refractivity contribution < 1.29 is 9.59 Å². The normalized spacial score (nSPS) is 20.9. The van der Waals surface area contributed by atoms with Gasteiger partial charge >= 0.3 is 0 Å². The van der Waals surface area contributed by atoms with Gasteiger partial charge in [-0.3, -0.25) is 9.59 Å². The van der Waals surface area contributed by atoms with Gasteiger partial charge in [0.2, 0.25) is 0 Å². The summed E-state index contributed by atoms with van der Waals surface area (Å²) in [5.74, 6) is -0.338. The lowest BCUT2D eigenvalue weighted by Gasteiger charge is -2.26. The maximum atomic E-state index is 12.7. The van der Waals surface area contributed by atoms with E-state index in [0.29, 0.717) is 11.1 Å². The molecule has 0 spiro atoms. The van der Waals surface area contributed by atoms with Crippen molar-refractivity contribution in [3.05, 3.63) is 130 Å². The highest BCUT2D eigenvalue weighted by Crippen LogP contribution is 2.51. The van der Waals surface area contributed by atoms with Gasteiger partial charge < -0.3 is 4.90 Å². The molecule has 0 saturated carbocycles. The lowest BCUT2D eigenvalue weighted by Crippen LogP contribution is -2.13. The molecule has 0 saturated heterocycles. The van der Waals surface area contributed by atoms with E-state index in [-0.39, 0.29) is 27.6 Å². The van der Waals surface area contributed by atoms with E-state index in [1.807, 2.05) is 23.9 Å². The monoisotopic (exact) mass is 465 g/mol. The second-order valence-electron chi connectivity index (χ2n) is 8.01. The highest BCUT2D eigenvalue weighted by atomic mass is 32.2. The molecular formula is C28H19NO2S2. The third kappa shape index (κ3) is 3.58. The minimum Gasteiger partial charge on any atom is -0.305 e. The second kappa shape index (κ2) is 8.25. The van der Waals surface area contributed by atoms with E-state index in [9.17, 15) is 9.59 Å². The van der Waals surface area contributed by atoms with Gasteiger partial charge in [-0.25, -0.2) is 0 Å². The molecule has 2 atom stereocenters. The number of thioether (sulfide) groups is 2. The lowest BCUT2D eigenvalue weighted by molar-refractivity contribution is 0.0988. The Bertz CT molecular complexity index is 1280. The van der Waals surface area contributed by atoms with Crippen LogP contribution >= 0.6 is 23.5 Å². The largest absolute Gasteiger partial charge is 0.305 e. The van der Waals surface area contributed by atoms with E-state index >= 15 is 0 Å². The van der Waals surface area contributed by atoms with Gasteiger partial charge in [0, 0.05) is 37.9 Å². The highest BCUT2D eigenvalue weighted by Gasteiger charge is 2.38. The van der Waals surface area contributed by atoms with Gasteiger partial charge in [-0.1, -0.05) is 78.5 Å². The third-order valence-electron chi connectivity index (χ3n) is 5.93. The summed E-state index contributed by atoms with van der Waals surface area (Å²) in [6.07, 6.45) is 6.27. The van der Waals surface area contributed by atoms with Gasteiger partial charge in [-0.15, -0.1) is 11.8 Å². The number of hydrogen-bond donors (Lipinski definition) is 0. The first-order valence-corrected chi connectivity index (χ1v) is 12.5. The van der Waals surface area contributed by atoms with Crippen LogP contribution in [0.3, 0.4) is 0 Å². The zero-order valence-corrected chi connectivity index (χ0v) is 19.2.